The molecule has 0 spiro atoms. The molecule has 0 aromatic carbocycles. The van der Waals surface area contributed by atoms with E-state index < -0.39 is 5.41 Å². The Balaban J connectivity index is 1.64. The number of rotatable bonds is 3. The molecule has 28 heavy (non-hydrogen) atoms. The predicted octanol–water partition coefficient (Wildman–Crippen LogP) is 1.52. The minimum atomic E-state index is -0.541. The Kier molecular flexibility index (Phi) is 4.78. The number of hydrogen-bond donors (Lipinski definition) is 0. The van der Waals surface area contributed by atoms with Crippen LogP contribution in [0.2, 0.25) is 0 Å². The Bertz CT molecular complexity index is 839. The first-order chi connectivity index (χ1) is 13.5. The molecule has 0 aliphatic carbocycles. The van der Waals surface area contributed by atoms with Gasteiger partial charge in [-0.1, -0.05) is 0 Å². The summed E-state index contributed by atoms with van der Waals surface area (Å²) in [5.74, 6) is 0.974. The van der Waals surface area contributed by atoms with E-state index in [9.17, 15) is 9.59 Å². The second-order valence-corrected chi connectivity index (χ2v) is 7.81. The lowest BCUT2D eigenvalue weighted by Crippen LogP contribution is -2.47. The van der Waals surface area contributed by atoms with Gasteiger partial charge in [-0.15, -0.1) is 0 Å². The molecule has 2 aliphatic heterocycles. The maximum absolute atomic E-state index is 13.3. The lowest BCUT2D eigenvalue weighted by Gasteiger charge is -2.34. The zero-order chi connectivity index (χ0) is 19.7. The average molecular weight is 383 g/mol. The summed E-state index contributed by atoms with van der Waals surface area (Å²) in [7, 11) is 3.60. The third-order valence-electron chi connectivity index (χ3n) is 5.87. The number of hydrogen-bond acceptors (Lipinski definition) is 6. The number of carbonyl (C=O) groups is 2. The van der Waals surface area contributed by atoms with Crippen LogP contribution in [0.5, 0.6) is 0 Å². The third kappa shape index (κ3) is 3.12. The number of carbonyl (C=O) groups excluding carboxylic acids is 2. The molecule has 4 rings (SSSR count). The van der Waals surface area contributed by atoms with Gasteiger partial charge in [-0.3, -0.25) is 9.59 Å². The molecule has 0 bridgehead atoms. The summed E-state index contributed by atoms with van der Waals surface area (Å²) in [6.07, 6.45) is 6.44. The van der Waals surface area contributed by atoms with E-state index in [1.807, 2.05) is 4.90 Å². The van der Waals surface area contributed by atoms with Crippen molar-refractivity contribution in [1.82, 2.24) is 19.8 Å². The van der Waals surface area contributed by atoms with Crippen molar-refractivity contribution in [2.45, 2.75) is 12.8 Å². The van der Waals surface area contributed by atoms with Crippen molar-refractivity contribution in [3.8, 4) is 0 Å². The minimum Gasteiger partial charge on any atom is -0.459 e. The van der Waals surface area contributed by atoms with E-state index >= 15 is 0 Å². The van der Waals surface area contributed by atoms with Gasteiger partial charge in [0.25, 0.3) is 5.91 Å². The summed E-state index contributed by atoms with van der Waals surface area (Å²) in [5.41, 5.74) is -0.541. The van der Waals surface area contributed by atoms with Gasteiger partial charge >= 0.3 is 0 Å². The van der Waals surface area contributed by atoms with Gasteiger partial charge in [0.2, 0.25) is 11.9 Å². The molecular formula is C20H25N5O3. The summed E-state index contributed by atoms with van der Waals surface area (Å²) in [4.78, 5) is 40.4. The largest absolute Gasteiger partial charge is 0.459 e. The molecule has 0 unspecified atom stereocenters. The molecule has 148 valence electrons. The smallest absolute Gasteiger partial charge is 0.289 e. The fourth-order valence-electron chi connectivity index (χ4n) is 4.58. The quantitative estimate of drug-likeness (QED) is 0.799. The van der Waals surface area contributed by atoms with Crippen LogP contribution in [0.1, 0.15) is 23.4 Å². The SMILES string of the molecule is CN(C)C(=O)[C@]12CCCN(C(=O)c3ccco3)C[C@H]1CN(c1ncccn1)C2. The van der Waals surface area contributed by atoms with Crippen molar-refractivity contribution < 1.29 is 14.0 Å². The van der Waals surface area contributed by atoms with Crippen LogP contribution in [0, 0.1) is 11.3 Å². The Morgan fingerprint density at radius 2 is 2.00 bits per heavy atom. The number of amides is 2. The molecule has 8 heteroatoms. The molecule has 2 aliphatic rings. The summed E-state index contributed by atoms with van der Waals surface area (Å²) < 4.78 is 5.31. The molecule has 0 saturated carbocycles. The zero-order valence-corrected chi connectivity index (χ0v) is 16.2. The van der Waals surface area contributed by atoms with Crippen LogP contribution in [0.4, 0.5) is 5.95 Å². The van der Waals surface area contributed by atoms with Crippen LogP contribution in [0.25, 0.3) is 0 Å². The number of nitrogens with zero attached hydrogens (tertiary/aromatic N) is 5. The number of furan rings is 1. The molecule has 2 fully saturated rings. The van der Waals surface area contributed by atoms with Crippen molar-refractivity contribution in [2.24, 2.45) is 11.3 Å². The van der Waals surface area contributed by atoms with Crippen LogP contribution < -0.4 is 4.90 Å². The Hall–Kier alpha value is -2.90. The third-order valence-corrected chi connectivity index (χ3v) is 5.87. The highest BCUT2D eigenvalue weighted by molar-refractivity contribution is 5.91. The van der Waals surface area contributed by atoms with Crippen molar-refractivity contribution in [1.29, 1.82) is 0 Å². The van der Waals surface area contributed by atoms with Gasteiger partial charge in [0.15, 0.2) is 5.76 Å². The monoisotopic (exact) mass is 383 g/mol. The number of fused-ring (bicyclic) bond motifs is 1. The highest BCUT2D eigenvalue weighted by atomic mass is 16.3. The van der Waals surface area contributed by atoms with E-state index in [-0.39, 0.29) is 17.7 Å². The average Bonchev–Trinajstić information content (AvgIpc) is 3.33. The first-order valence-corrected chi connectivity index (χ1v) is 9.58. The molecule has 2 saturated heterocycles. The Labute approximate surface area is 164 Å². The van der Waals surface area contributed by atoms with Gasteiger partial charge in [0.1, 0.15) is 0 Å². The summed E-state index contributed by atoms with van der Waals surface area (Å²) >= 11 is 0. The normalized spacial score (nSPS) is 24.6. The number of likely N-dealkylation sites (tertiary alicyclic amines) is 1. The number of anilines is 1. The van der Waals surface area contributed by atoms with Gasteiger partial charge in [-0.25, -0.2) is 9.97 Å². The summed E-state index contributed by atoms with van der Waals surface area (Å²) in [6, 6.07) is 5.18. The number of aromatic nitrogens is 2. The lowest BCUT2D eigenvalue weighted by atomic mass is 9.74. The molecule has 0 radical (unpaired) electrons. The van der Waals surface area contributed by atoms with Crippen LogP contribution in [0.3, 0.4) is 0 Å². The molecule has 4 heterocycles. The fraction of sp³-hybridized carbons (Fsp3) is 0.500. The molecule has 2 aromatic heterocycles. The molecule has 2 atom stereocenters. The highest BCUT2D eigenvalue weighted by Crippen LogP contribution is 2.44. The molecule has 2 amide bonds. The highest BCUT2D eigenvalue weighted by Gasteiger charge is 2.54. The van der Waals surface area contributed by atoms with Crippen LogP contribution >= 0.6 is 0 Å². The van der Waals surface area contributed by atoms with Crippen LogP contribution in [-0.4, -0.2) is 71.9 Å². The lowest BCUT2D eigenvalue weighted by molar-refractivity contribution is -0.141. The van der Waals surface area contributed by atoms with E-state index in [0.717, 1.165) is 12.8 Å². The van der Waals surface area contributed by atoms with Crippen LogP contribution in [-0.2, 0) is 4.79 Å². The van der Waals surface area contributed by atoms with Gasteiger partial charge in [-0.05, 0) is 31.0 Å². The van der Waals surface area contributed by atoms with E-state index in [1.54, 1.807) is 49.6 Å². The molecule has 0 N–H and O–H groups in total. The first kappa shape index (κ1) is 18.5. The van der Waals surface area contributed by atoms with Crippen molar-refractivity contribution in [3.63, 3.8) is 0 Å². The summed E-state index contributed by atoms with van der Waals surface area (Å²) in [5, 5.41) is 0. The van der Waals surface area contributed by atoms with Gasteiger partial charge < -0.3 is 19.1 Å². The minimum absolute atomic E-state index is 0.00705. The van der Waals surface area contributed by atoms with E-state index in [1.165, 1.54) is 6.26 Å². The first-order valence-electron chi connectivity index (χ1n) is 9.58. The standard InChI is InChI=1S/C20H25N5O3/c1-23(2)18(27)20-7-4-10-24(17(26)16-6-3-11-28-16)12-15(20)13-25(14-20)19-21-8-5-9-22-19/h3,5-6,8-9,11,15H,4,7,10,12-14H2,1-2H3/t15-,20-/m0/s1. The van der Waals surface area contributed by atoms with Crippen molar-refractivity contribution >= 4 is 17.8 Å². The maximum Gasteiger partial charge on any atom is 0.289 e. The summed E-state index contributed by atoms with van der Waals surface area (Å²) in [6.45, 7) is 2.36. The topological polar surface area (TPSA) is 82.8 Å². The molecular weight excluding hydrogens is 358 g/mol. The van der Waals surface area contributed by atoms with E-state index in [4.69, 9.17) is 4.42 Å². The van der Waals surface area contributed by atoms with E-state index in [0.29, 0.717) is 37.9 Å². The van der Waals surface area contributed by atoms with Crippen molar-refractivity contribution in [3.05, 3.63) is 42.6 Å². The van der Waals surface area contributed by atoms with Gasteiger partial charge in [0, 0.05) is 58.6 Å². The van der Waals surface area contributed by atoms with Gasteiger partial charge in [0.05, 0.1) is 11.7 Å². The second-order valence-electron chi connectivity index (χ2n) is 7.81. The van der Waals surface area contributed by atoms with Gasteiger partial charge in [-0.2, -0.15) is 0 Å². The Morgan fingerprint density at radius 3 is 2.68 bits per heavy atom. The maximum atomic E-state index is 13.3. The predicted molar refractivity (Wildman–Crippen MR) is 103 cm³/mol. The molecule has 8 nitrogen and oxygen atoms in total. The zero-order valence-electron chi connectivity index (χ0n) is 16.2. The van der Waals surface area contributed by atoms with Crippen LogP contribution in [0.15, 0.2) is 41.3 Å². The fourth-order valence-corrected chi connectivity index (χ4v) is 4.58. The van der Waals surface area contributed by atoms with Crippen molar-refractivity contribution in [2.75, 3.05) is 45.2 Å². The second kappa shape index (κ2) is 7.26. The Morgan fingerprint density at radius 1 is 1.21 bits per heavy atom. The van der Waals surface area contributed by atoms with E-state index in [2.05, 4.69) is 14.9 Å². The molecule has 2 aromatic rings.